The van der Waals surface area contributed by atoms with E-state index >= 15 is 0 Å². The van der Waals surface area contributed by atoms with Gasteiger partial charge in [-0.1, -0.05) is 40.2 Å². The molecule has 0 saturated carbocycles. The zero-order valence-corrected chi connectivity index (χ0v) is 16.6. The van der Waals surface area contributed by atoms with Gasteiger partial charge in [0.25, 0.3) is 0 Å². The zero-order chi connectivity index (χ0) is 18.1. The number of benzene rings is 2. The predicted octanol–water partition coefficient (Wildman–Crippen LogP) is 4.16. The number of nitrogens with zero attached hydrogens (tertiary/aromatic N) is 1. The van der Waals surface area contributed by atoms with Gasteiger partial charge in [-0.2, -0.15) is 0 Å². The van der Waals surface area contributed by atoms with Crippen molar-refractivity contribution < 1.29 is 9.59 Å². The fourth-order valence-electron chi connectivity index (χ4n) is 3.59. The standard InChI is InChI=1S/C20H19BrN2O2S/c21-13-4-3-5-14(12-13)23-10-8-16(20(23)25)19(24)22-17-9-11-26-18-7-2-1-6-15(17)18/h1-7,12,16-17H,8-11H2,(H,22,24)/t16-,17+/m1/s1. The summed E-state index contributed by atoms with van der Waals surface area (Å²) in [6.45, 7) is 0.574. The highest BCUT2D eigenvalue weighted by atomic mass is 79.9. The molecule has 2 atom stereocenters. The molecule has 2 aromatic rings. The molecule has 2 aliphatic heterocycles. The third-order valence-corrected chi connectivity index (χ3v) is 6.53. The van der Waals surface area contributed by atoms with Crippen LogP contribution in [0.4, 0.5) is 5.69 Å². The number of hydrogen-bond acceptors (Lipinski definition) is 3. The molecule has 1 fully saturated rings. The van der Waals surface area contributed by atoms with E-state index in [2.05, 4.69) is 33.4 Å². The summed E-state index contributed by atoms with van der Waals surface area (Å²) in [5.74, 6) is 0.110. The first-order valence-corrected chi connectivity index (χ1v) is 10.5. The number of hydrogen-bond donors (Lipinski definition) is 1. The van der Waals surface area contributed by atoms with E-state index in [1.54, 1.807) is 4.90 Å². The van der Waals surface area contributed by atoms with Crippen LogP contribution in [0.3, 0.4) is 0 Å². The largest absolute Gasteiger partial charge is 0.349 e. The van der Waals surface area contributed by atoms with Crippen LogP contribution < -0.4 is 10.2 Å². The minimum absolute atomic E-state index is 0.00679. The van der Waals surface area contributed by atoms with Crippen LogP contribution in [0.15, 0.2) is 57.9 Å². The Labute approximate surface area is 165 Å². The lowest BCUT2D eigenvalue weighted by Gasteiger charge is -2.26. The van der Waals surface area contributed by atoms with Gasteiger partial charge < -0.3 is 10.2 Å². The Morgan fingerprint density at radius 2 is 2.00 bits per heavy atom. The van der Waals surface area contributed by atoms with Crippen LogP contribution in [0, 0.1) is 5.92 Å². The van der Waals surface area contributed by atoms with E-state index in [9.17, 15) is 9.59 Å². The number of carbonyl (C=O) groups is 2. The highest BCUT2D eigenvalue weighted by Gasteiger charge is 2.38. The minimum atomic E-state index is -0.601. The van der Waals surface area contributed by atoms with E-state index in [0.717, 1.165) is 27.9 Å². The molecule has 0 radical (unpaired) electrons. The molecule has 0 spiro atoms. The lowest BCUT2D eigenvalue weighted by molar-refractivity contribution is -0.132. The van der Waals surface area contributed by atoms with E-state index in [1.165, 1.54) is 4.90 Å². The second-order valence-electron chi connectivity index (χ2n) is 6.55. The highest BCUT2D eigenvalue weighted by molar-refractivity contribution is 9.10. The molecule has 2 aromatic carbocycles. The van der Waals surface area contributed by atoms with Crippen LogP contribution in [0.5, 0.6) is 0 Å². The number of carbonyl (C=O) groups excluding carboxylic acids is 2. The van der Waals surface area contributed by atoms with E-state index in [1.807, 2.05) is 48.2 Å². The molecule has 0 bridgehead atoms. The first-order valence-electron chi connectivity index (χ1n) is 8.72. The topological polar surface area (TPSA) is 49.4 Å². The summed E-state index contributed by atoms with van der Waals surface area (Å²) in [4.78, 5) is 28.5. The van der Waals surface area contributed by atoms with Crippen molar-refractivity contribution in [3.05, 3.63) is 58.6 Å². The number of amides is 2. The molecule has 2 amide bonds. The summed E-state index contributed by atoms with van der Waals surface area (Å²) in [5.41, 5.74) is 1.99. The Balaban J connectivity index is 1.47. The number of nitrogens with one attached hydrogen (secondary N) is 1. The first kappa shape index (κ1) is 17.6. The molecule has 2 aliphatic rings. The fourth-order valence-corrected chi connectivity index (χ4v) is 5.10. The minimum Gasteiger partial charge on any atom is -0.349 e. The summed E-state index contributed by atoms with van der Waals surface area (Å²) in [6, 6.07) is 15.8. The third kappa shape index (κ3) is 3.40. The van der Waals surface area contributed by atoms with Gasteiger partial charge >= 0.3 is 0 Å². The molecule has 26 heavy (non-hydrogen) atoms. The Hall–Kier alpha value is -1.79. The maximum Gasteiger partial charge on any atom is 0.239 e. The first-order chi connectivity index (χ1) is 12.6. The summed E-state index contributed by atoms with van der Waals surface area (Å²) < 4.78 is 0.923. The number of fused-ring (bicyclic) bond motifs is 1. The average molecular weight is 431 g/mol. The van der Waals surface area contributed by atoms with Gasteiger partial charge in [0.15, 0.2) is 0 Å². The zero-order valence-electron chi connectivity index (χ0n) is 14.2. The van der Waals surface area contributed by atoms with Gasteiger partial charge in [-0.25, -0.2) is 0 Å². The molecule has 0 aliphatic carbocycles. The van der Waals surface area contributed by atoms with Crippen molar-refractivity contribution in [1.29, 1.82) is 0 Å². The molecule has 1 N–H and O–H groups in total. The highest BCUT2D eigenvalue weighted by Crippen LogP contribution is 2.36. The predicted molar refractivity (Wildman–Crippen MR) is 107 cm³/mol. The summed E-state index contributed by atoms with van der Waals surface area (Å²) in [5, 5.41) is 3.12. The Kier molecular flexibility index (Phi) is 5.05. The summed E-state index contributed by atoms with van der Waals surface area (Å²) in [6.07, 6.45) is 1.45. The van der Waals surface area contributed by atoms with Gasteiger partial charge in [-0.3, -0.25) is 9.59 Å². The molecular weight excluding hydrogens is 412 g/mol. The maximum absolute atomic E-state index is 12.8. The van der Waals surface area contributed by atoms with Crippen LogP contribution in [0.2, 0.25) is 0 Å². The van der Waals surface area contributed by atoms with Crippen LogP contribution in [-0.4, -0.2) is 24.1 Å². The molecule has 134 valence electrons. The number of thioether (sulfide) groups is 1. The van der Waals surface area contributed by atoms with Gasteiger partial charge in [-0.05, 0) is 42.7 Å². The van der Waals surface area contributed by atoms with Gasteiger partial charge in [0.1, 0.15) is 5.92 Å². The fraction of sp³-hybridized carbons (Fsp3) is 0.300. The van der Waals surface area contributed by atoms with E-state index in [0.29, 0.717) is 13.0 Å². The van der Waals surface area contributed by atoms with E-state index < -0.39 is 5.92 Å². The monoisotopic (exact) mass is 430 g/mol. The third-order valence-electron chi connectivity index (χ3n) is 4.92. The summed E-state index contributed by atoms with van der Waals surface area (Å²) in [7, 11) is 0. The molecule has 6 heteroatoms. The molecule has 2 heterocycles. The van der Waals surface area contributed by atoms with Crippen LogP contribution >= 0.6 is 27.7 Å². The second kappa shape index (κ2) is 7.45. The molecule has 0 aromatic heterocycles. The molecule has 0 unspecified atom stereocenters. The normalized spacial score (nSPS) is 22.2. The van der Waals surface area contributed by atoms with Crippen molar-refractivity contribution in [1.82, 2.24) is 5.32 Å². The number of anilines is 1. The average Bonchev–Trinajstić information content (AvgIpc) is 3.03. The van der Waals surface area contributed by atoms with Crippen LogP contribution in [0.1, 0.15) is 24.4 Å². The van der Waals surface area contributed by atoms with Gasteiger partial charge in [-0.15, -0.1) is 11.8 Å². The van der Waals surface area contributed by atoms with Gasteiger partial charge in [0.2, 0.25) is 11.8 Å². The van der Waals surface area contributed by atoms with Crippen LogP contribution in [-0.2, 0) is 9.59 Å². The maximum atomic E-state index is 12.8. The van der Waals surface area contributed by atoms with Crippen molar-refractivity contribution in [3.8, 4) is 0 Å². The molecular formula is C20H19BrN2O2S. The van der Waals surface area contributed by atoms with Crippen molar-refractivity contribution >= 4 is 45.2 Å². The molecule has 4 nitrogen and oxygen atoms in total. The SMILES string of the molecule is O=C(N[C@H]1CCSc2ccccc21)[C@H]1CCN(c2cccc(Br)c2)C1=O. The van der Waals surface area contributed by atoms with Crippen molar-refractivity contribution in [2.75, 3.05) is 17.2 Å². The number of rotatable bonds is 3. The van der Waals surface area contributed by atoms with Gasteiger partial charge in [0, 0.05) is 27.4 Å². The lowest BCUT2D eigenvalue weighted by atomic mass is 10.0. The van der Waals surface area contributed by atoms with Crippen molar-refractivity contribution in [2.45, 2.75) is 23.8 Å². The van der Waals surface area contributed by atoms with Crippen molar-refractivity contribution in [3.63, 3.8) is 0 Å². The second-order valence-corrected chi connectivity index (χ2v) is 8.60. The molecule has 4 rings (SSSR count). The number of halogens is 1. The van der Waals surface area contributed by atoms with Crippen LogP contribution in [0.25, 0.3) is 0 Å². The Morgan fingerprint density at radius 1 is 1.15 bits per heavy atom. The van der Waals surface area contributed by atoms with Crippen molar-refractivity contribution in [2.24, 2.45) is 5.92 Å². The van der Waals surface area contributed by atoms with E-state index in [4.69, 9.17) is 0 Å². The lowest BCUT2D eigenvalue weighted by Crippen LogP contribution is -2.39. The van der Waals surface area contributed by atoms with Gasteiger partial charge in [0.05, 0.1) is 6.04 Å². The quantitative estimate of drug-likeness (QED) is 0.743. The smallest absolute Gasteiger partial charge is 0.239 e. The van der Waals surface area contributed by atoms with E-state index in [-0.39, 0.29) is 17.9 Å². The Morgan fingerprint density at radius 3 is 2.85 bits per heavy atom. The Bertz CT molecular complexity index is 857. The molecule has 1 saturated heterocycles. The summed E-state index contributed by atoms with van der Waals surface area (Å²) >= 11 is 5.26.